The Labute approximate surface area is 157 Å². The van der Waals surface area contributed by atoms with Gasteiger partial charge in [0, 0.05) is 33.3 Å². The van der Waals surface area contributed by atoms with E-state index in [2.05, 4.69) is 53.3 Å². The minimum atomic E-state index is 0. The van der Waals surface area contributed by atoms with Crippen LogP contribution in [0, 0.1) is 6.92 Å². The molecule has 0 amide bonds. The van der Waals surface area contributed by atoms with Gasteiger partial charge in [-0.3, -0.25) is 4.99 Å². The number of aryl methyl sites for hydroxylation is 1. The van der Waals surface area contributed by atoms with Crippen molar-refractivity contribution in [1.29, 1.82) is 0 Å². The van der Waals surface area contributed by atoms with Crippen LogP contribution in [0.2, 0.25) is 0 Å². The fraction of sp³-hybridized carbons (Fsp3) is 0.611. The van der Waals surface area contributed by atoms with Gasteiger partial charge in [0.25, 0.3) is 0 Å². The van der Waals surface area contributed by atoms with Gasteiger partial charge in [-0.1, -0.05) is 29.8 Å². The second-order valence-corrected chi connectivity index (χ2v) is 5.85. The van der Waals surface area contributed by atoms with E-state index in [1.165, 1.54) is 11.1 Å². The number of hydrogen-bond acceptors (Lipinski definition) is 2. The first-order valence-corrected chi connectivity index (χ1v) is 8.35. The van der Waals surface area contributed by atoms with Gasteiger partial charge in [0.05, 0.1) is 6.10 Å². The zero-order chi connectivity index (χ0) is 15.8. The maximum absolute atomic E-state index is 5.71. The van der Waals surface area contributed by atoms with Gasteiger partial charge in [-0.15, -0.1) is 24.0 Å². The van der Waals surface area contributed by atoms with Crippen molar-refractivity contribution >= 4 is 29.9 Å². The summed E-state index contributed by atoms with van der Waals surface area (Å²) in [7, 11) is 1.86. The Morgan fingerprint density at radius 3 is 2.70 bits per heavy atom. The Hall–Kier alpha value is -0.820. The molecule has 2 rings (SSSR count). The molecule has 0 atom stereocenters. The Morgan fingerprint density at radius 2 is 2.09 bits per heavy atom. The number of aliphatic imine (C=N–C) groups is 1. The van der Waals surface area contributed by atoms with Crippen LogP contribution < -0.4 is 5.32 Å². The van der Waals surface area contributed by atoms with Crippen LogP contribution in [0.15, 0.2) is 29.3 Å². The molecule has 1 aliphatic heterocycles. The van der Waals surface area contributed by atoms with Gasteiger partial charge in [0.1, 0.15) is 0 Å². The highest BCUT2D eigenvalue weighted by molar-refractivity contribution is 14.0. The number of hydrogen-bond donors (Lipinski definition) is 1. The summed E-state index contributed by atoms with van der Waals surface area (Å²) >= 11 is 0. The van der Waals surface area contributed by atoms with Crippen molar-refractivity contribution in [2.75, 3.05) is 33.3 Å². The van der Waals surface area contributed by atoms with Crippen molar-refractivity contribution in [3.05, 3.63) is 35.4 Å². The van der Waals surface area contributed by atoms with Crippen LogP contribution in [0.25, 0.3) is 0 Å². The minimum absolute atomic E-state index is 0. The number of rotatable bonds is 5. The predicted octanol–water partition coefficient (Wildman–Crippen LogP) is 3.23. The van der Waals surface area contributed by atoms with E-state index in [0.29, 0.717) is 6.10 Å². The van der Waals surface area contributed by atoms with E-state index < -0.39 is 0 Å². The minimum Gasteiger partial charge on any atom is -0.378 e. The summed E-state index contributed by atoms with van der Waals surface area (Å²) < 4.78 is 5.71. The molecule has 1 N–H and O–H groups in total. The van der Waals surface area contributed by atoms with Crippen LogP contribution in [0.4, 0.5) is 0 Å². The molecule has 23 heavy (non-hydrogen) atoms. The zero-order valence-electron chi connectivity index (χ0n) is 14.5. The summed E-state index contributed by atoms with van der Waals surface area (Å²) in [6.45, 7) is 7.98. The molecule has 5 heteroatoms. The molecule has 1 heterocycles. The smallest absolute Gasteiger partial charge is 0.193 e. The van der Waals surface area contributed by atoms with E-state index in [-0.39, 0.29) is 24.0 Å². The molecule has 0 radical (unpaired) electrons. The SMILES string of the molecule is CCOC1CCN(C(=NC)NCCc2cccc(C)c2)CC1.I. The second kappa shape index (κ2) is 10.9. The molecule has 0 saturated carbocycles. The molecule has 4 nitrogen and oxygen atoms in total. The second-order valence-electron chi connectivity index (χ2n) is 5.85. The quantitative estimate of drug-likeness (QED) is 0.442. The average molecular weight is 431 g/mol. The molecule has 0 spiro atoms. The molecular formula is C18H30IN3O. The van der Waals surface area contributed by atoms with Crippen molar-refractivity contribution < 1.29 is 4.74 Å². The zero-order valence-corrected chi connectivity index (χ0v) is 16.9. The van der Waals surface area contributed by atoms with Gasteiger partial charge in [-0.2, -0.15) is 0 Å². The molecule has 1 aromatic carbocycles. The average Bonchev–Trinajstić information content (AvgIpc) is 2.53. The first-order chi connectivity index (χ1) is 10.7. The number of halogens is 1. The highest BCUT2D eigenvalue weighted by Gasteiger charge is 2.21. The van der Waals surface area contributed by atoms with Crippen LogP contribution in [0.1, 0.15) is 30.9 Å². The van der Waals surface area contributed by atoms with Crippen LogP contribution in [0.3, 0.4) is 0 Å². The van der Waals surface area contributed by atoms with E-state index >= 15 is 0 Å². The van der Waals surface area contributed by atoms with E-state index in [1.54, 1.807) is 0 Å². The summed E-state index contributed by atoms with van der Waals surface area (Å²) in [5.74, 6) is 1.02. The number of ether oxygens (including phenoxy) is 1. The molecule has 0 aliphatic carbocycles. The maximum Gasteiger partial charge on any atom is 0.193 e. The van der Waals surface area contributed by atoms with E-state index in [0.717, 1.165) is 51.5 Å². The molecule has 0 aromatic heterocycles. The highest BCUT2D eigenvalue weighted by atomic mass is 127. The third kappa shape index (κ3) is 6.67. The first-order valence-electron chi connectivity index (χ1n) is 8.35. The van der Waals surface area contributed by atoms with Crippen LogP contribution >= 0.6 is 24.0 Å². The fourth-order valence-corrected chi connectivity index (χ4v) is 2.99. The number of piperidine rings is 1. The number of benzene rings is 1. The molecule has 1 aromatic rings. The van der Waals surface area contributed by atoms with Crippen molar-refractivity contribution in [1.82, 2.24) is 10.2 Å². The number of guanidine groups is 1. The van der Waals surface area contributed by atoms with Gasteiger partial charge in [-0.05, 0) is 38.7 Å². The summed E-state index contributed by atoms with van der Waals surface area (Å²) in [4.78, 5) is 6.76. The van der Waals surface area contributed by atoms with Gasteiger partial charge in [-0.25, -0.2) is 0 Å². The van der Waals surface area contributed by atoms with Crippen LogP contribution in [-0.2, 0) is 11.2 Å². The lowest BCUT2D eigenvalue weighted by Crippen LogP contribution is -2.47. The van der Waals surface area contributed by atoms with Crippen molar-refractivity contribution in [3.63, 3.8) is 0 Å². The van der Waals surface area contributed by atoms with Gasteiger partial charge in [0.15, 0.2) is 5.96 Å². The molecule has 1 fully saturated rings. The molecular weight excluding hydrogens is 401 g/mol. The Bertz CT molecular complexity index is 485. The van der Waals surface area contributed by atoms with Gasteiger partial charge in [0.2, 0.25) is 0 Å². The standard InChI is InChI=1S/C18H29N3O.HI/c1-4-22-17-9-12-21(13-10-17)18(19-3)20-11-8-16-7-5-6-15(2)14-16;/h5-7,14,17H,4,8-13H2,1-3H3,(H,19,20);1H. The highest BCUT2D eigenvalue weighted by Crippen LogP contribution is 2.13. The largest absolute Gasteiger partial charge is 0.378 e. The molecule has 1 aliphatic rings. The van der Waals surface area contributed by atoms with Crippen molar-refractivity contribution in [3.8, 4) is 0 Å². The monoisotopic (exact) mass is 431 g/mol. The van der Waals surface area contributed by atoms with Crippen molar-refractivity contribution in [2.24, 2.45) is 4.99 Å². The fourth-order valence-electron chi connectivity index (χ4n) is 2.99. The summed E-state index contributed by atoms with van der Waals surface area (Å²) in [6.07, 6.45) is 3.63. The van der Waals surface area contributed by atoms with Crippen LogP contribution in [-0.4, -0.2) is 50.3 Å². The predicted molar refractivity (Wildman–Crippen MR) is 108 cm³/mol. The van der Waals surface area contributed by atoms with Crippen molar-refractivity contribution in [2.45, 2.75) is 39.2 Å². The number of likely N-dealkylation sites (tertiary alicyclic amines) is 1. The summed E-state index contributed by atoms with van der Waals surface area (Å²) in [5.41, 5.74) is 2.69. The molecule has 1 saturated heterocycles. The van der Waals surface area contributed by atoms with Crippen LogP contribution in [0.5, 0.6) is 0 Å². The lowest BCUT2D eigenvalue weighted by atomic mass is 10.1. The summed E-state index contributed by atoms with van der Waals surface area (Å²) in [5, 5.41) is 3.49. The lowest BCUT2D eigenvalue weighted by Gasteiger charge is -2.34. The Kier molecular flexibility index (Phi) is 9.55. The van der Waals surface area contributed by atoms with E-state index in [4.69, 9.17) is 4.74 Å². The first kappa shape index (κ1) is 20.2. The molecule has 0 bridgehead atoms. The Balaban J connectivity index is 0.00000264. The van der Waals surface area contributed by atoms with E-state index in [1.807, 2.05) is 7.05 Å². The normalized spacial score (nSPS) is 16.1. The van der Waals surface area contributed by atoms with Gasteiger partial charge >= 0.3 is 0 Å². The summed E-state index contributed by atoms with van der Waals surface area (Å²) in [6, 6.07) is 8.69. The van der Waals surface area contributed by atoms with E-state index in [9.17, 15) is 0 Å². The maximum atomic E-state index is 5.71. The Morgan fingerprint density at radius 1 is 1.35 bits per heavy atom. The van der Waals surface area contributed by atoms with Gasteiger partial charge < -0.3 is 15.0 Å². The molecule has 130 valence electrons. The molecule has 0 unspecified atom stereocenters. The number of nitrogens with zero attached hydrogens (tertiary/aromatic N) is 2. The lowest BCUT2D eigenvalue weighted by molar-refractivity contribution is 0.0264. The topological polar surface area (TPSA) is 36.9 Å². The third-order valence-electron chi connectivity index (χ3n) is 4.13. The third-order valence-corrected chi connectivity index (χ3v) is 4.13. The number of nitrogens with one attached hydrogen (secondary N) is 1.